The van der Waals surface area contributed by atoms with Crippen LogP contribution in [0.4, 0.5) is 11.4 Å². The summed E-state index contributed by atoms with van der Waals surface area (Å²) in [5.74, 6) is 0.163. The summed E-state index contributed by atoms with van der Waals surface area (Å²) >= 11 is 11.1. The Morgan fingerprint density at radius 2 is 1.76 bits per heavy atom. The summed E-state index contributed by atoms with van der Waals surface area (Å²) in [4.78, 5) is 25.1. The molecule has 9 heteroatoms. The van der Waals surface area contributed by atoms with E-state index in [2.05, 4.69) is 20.8 Å². The van der Waals surface area contributed by atoms with Crippen LogP contribution in [0.1, 0.15) is 29.5 Å². The molecule has 1 aromatic heterocycles. The van der Waals surface area contributed by atoms with Crippen LogP contribution >= 0.6 is 23.8 Å². The third kappa shape index (κ3) is 5.30. The van der Waals surface area contributed by atoms with Crippen LogP contribution in [0.2, 0.25) is 5.02 Å². The SMILES string of the molecule is CCCc1n[nH]c(=S)n1CC(=O)Nc1ccccc1NC(=O)c1ccc(Cl)cc1. The number of nitrogens with zero attached hydrogens (tertiary/aromatic N) is 2. The van der Waals surface area contributed by atoms with Crippen molar-refractivity contribution in [1.29, 1.82) is 0 Å². The first-order valence-electron chi connectivity index (χ1n) is 9.07. The van der Waals surface area contributed by atoms with E-state index in [0.717, 1.165) is 12.2 Å². The van der Waals surface area contributed by atoms with E-state index < -0.39 is 0 Å². The lowest BCUT2D eigenvalue weighted by atomic mass is 10.2. The summed E-state index contributed by atoms with van der Waals surface area (Å²) in [5, 5.41) is 13.1. The minimum atomic E-state index is -0.300. The molecule has 2 aromatic carbocycles. The summed E-state index contributed by atoms with van der Waals surface area (Å²) in [6.07, 6.45) is 1.61. The summed E-state index contributed by atoms with van der Waals surface area (Å²) in [5.41, 5.74) is 1.45. The van der Waals surface area contributed by atoms with Crippen molar-refractivity contribution in [3.63, 3.8) is 0 Å². The van der Waals surface area contributed by atoms with E-state index in [1.165, 1.54) is 0 Å². The molecule has 150 valence electrons. The molecule has 29 heavy (non-hydrogen) atoms. The highest BCUT2D eigenvalue weighted by molar-refractivity contribution is 7.71. The number of halogens is 1. The van der Waals surface area contributed by atoms with Crippen LogP contribution in [-0.2, 0) is 17.8 Å². The van der Waals surface area contributed by atoms with Crippen molar-refractivity contribution < 1.29 is 9.59 Å². The van der Waals surface area contributed by atoms with Gasteiger partial charge in [0.15, 0.2) is 4.77 Å². The van der Waals surface area contributed by atoms with Gasteiger partial charge in [0.25, 0.3) is 5.91 Å². The molecule has 0 unspecified atom stereocenters. The van der Waals surface area contributed by atoms with Crippen molar-refractivity contribution in [3.8, 4) is 0 Å². The number of aromatic nitrogens is 3. The minimum Gasteiger partial charge on any atom is -0.323 e. The van der Waals surface area contributed by atoms with Gasteiger partial charge in [-0.3, -0.25) is 19.3 Å². The second-order valence-corrected chi connectivity index (χ2v) is 7.16. The maximum atomic E-state index is 12.6. The smallest absolute Gasteiger partial charge is 0.255 e. The van der Waals surface area contributed by atoms with Gasteiger partial charge in [0, 0.05) is 17.0 Å². The second-order valence-electron chi connectivity index (χ2n) is 6.34. The van der Waals surface area contributed by atoms with Gasteiger partial charge in [0.1, 0.15) is 12.4 Å². The Balaban J connectivity index is 1.73. The first-order chi connectivity index (χ1) is 14.0. The Hall–Kier alpha value is -2.97. The Labute approximate surface area is 178 Å². The molecule has 0 spiro atoms. The van der Waals surface area contributed by atoms with E-state index in [-0.39, 0.29) is 18.4 Å². The molecular formula is C20H20ClN5O2S. The van der Waals surface area contributed by atoms with Crippen LogP contribution in [0.3, 0.4) is 0 Å². The van der Waals surface area contributed by atoms with E-state index in [4.69, 9.17) is 23.8 Å². The fraction of sp³-hybridized carbons (Fsp3) is 0.200. The van der Waals surface area contributed by atoms with Gasteiger partial charge in [-0.25, -0.2) is 0 Å². The molecular weight excluding hydrogens is 410 g/mol. The first-order valence-corrected chi connectivity index (χ1v) is 9.86. The Bertz CT molecular complexity index is 1070. The van der Waals surface area contributed by atoms with Crippen molar-refractivity contribution in [1.82, 2.24) is 14.8 Å². The average molecular weight is 430 g/mol. The molecule has 0 saturated heterocycles. The maximum absolute atomic E-state index is 12.6. The zero-order valence-corrected chi connectivity index (χ0v) is 17.3. The first kappa shape index (κ1) is 20.8. The molecule has 0 aliphatic heterocycles. The third-order valence-corrected chi connectivity index (χ3v) is 4.73. The number of aryl methyl sites for hydroxylation is 1. The number of para-hydroxylation sites is 2. The molecule has 0 fully saturated rings. The van der Waals surface area contributed by atoms with Crippen LogP contribution in [0, 0.1) is 4.77 Å². The van der Waals surface area contributed by atoms with E-state index in [1.54, 1.807) is 53.1 Å². The summed E-state index contributed by atoms with van der Waals surface area (Å²) in [6, 6.07) is 13.5. The van der Waals surface area contributed by atoms with Crippen LogP contribution in [-0.4, -0.2) is 26.6 Å². The number of benzene rings is 2. The monoisotopic (exact) mass is 429 g/mol. The average Bonchev–Trinajstić information content (AvgIpc) is 3.04. The van der Waals surface area contributed by atoms with E-state index in [0.29, 0.717) is 33.2 Å². The zero-order valence-electron chi connectivity index (χ0n) is 15.7. The Morgan fingerprint density at radius 1 is 1.10 bits per heavy atom. The number of hydrogen-bond donors (Lipinski definition) is 3. The van der Waals surface area contributed by atoms with Gasteiger partial charge in [-0.05, 0) is 55.0 Å². The number of amides is 2. The number of hydrogen-bond acceptors (Lipinski definition) is 4. The van der Waals surface area contributed by atoms with Crippen molar-refractivity contribution in [3.05, 3.63) is 69.7 Å². The van der Waals surface area contributed by atoms with Gasteiger partial charge in [-0.2, -0.15) is 5.10 Å². The van der Waals surface area contributed by atoms with Crippen LogP contribution in [0.5, 0.6) is 0 Å². The van der Waals surface area contributed by atoms with E-state index in [9.17, 15) is 9.59 Å². The summed E-state index contributed by atoms with van der Waals surface area (Å²) in [7, 11) is 0. The largest absolute Gasteiger partial charge is 0.323 e. The number of carbonyl (C=O) groups is 2. The topological polar surface area (TPSA) is 91.8 Å². The lowest BCUT2D eigenvalue weighted by molar-refractivity contribution is -0.116. The van der Waals surface area contributed by atoms with Crippen LogP contribution < -0.4 is 10.6 Å². The van der Waals surface area contributed by atoms with Crippen molar-refractivity contribution >= 4 is 47.0 Å². The fourth-order valence-electron chi connectivity index (χ4n) is 2.76. The Morgan fingerprint density at radius 3 is 2.41 bits per heavy atom. The number of H-pyrrole nitrogens is 1. The normalized spacial score (nSPS) is 10.6. The molecule has 7 nitrogen and oxygen atoms in total. The molecule has 2 amide bonds. The quantitative estimate of drug-likeness (QED) is 0.484. The number of anilines is 2. The van der Waals surface area contributed by atoms with E-state index in [1.807, 2.05) is 6.92 Å². The highest BCUT2D eigenvalue weighted by Crippen LogP contribution is 2.22. The predicted molar refractivity (Wildman–Crippen MR) is 116 cm³/mol. The third-order valence-electron chi connectivity index (χ3n) is 4.17. The van der Waals surface area contributed by atoms with Crippen molar-refractivity contribution in [2.45, 2.75) is 26.3 Å². The van der Waals surface area contributed by atoms with Gasteiger partial charge < -0.3 is 10.6 Å². The molecule has 0 saturated carbocycles. The van der Waals surface area contributed by atoms with Gasteiger partial charge in [-0.1, -0.05) is 30.7 Å². The summed E-state index contributed by atoms with van der Waals surface area (Å²) in [6.45, 7) is 2.06. The highest BCUT2D eigenvalue weighted by atomic mass is 35.5. The number of rotatable bonds is 7. The van der Waals surface area contributed by atoms with Gasteiger partial charge in [0.2, 0.25) is 5.91 Å². The van der Waals surface area contributed by atoms with Crippen molar-refractivity contribution in [2.24, 2.45) is 0 Å². The van der Waals surface area contributed by atoms with Crippen LogP contribution in [0.25, 0.3) is 0 Å². The summed E-state index contributed by atoms with van der Waals surface area (Å²) < 4.78 is 2.07. The van der Waals surface area contributed by atoms with Crippen molar-refractivity contribution in [2.75, 3.05) is 10.6 Å². The fourth-order valence-corrected chi connectivity index (χ4v) is 3.10. The molecule has 3 N–H and O–H groups in total. The molecule has 0 bridgehead atoms. The molecule has 3 aromatic rings. The molecule has 0 radical (unpaired) electrons. The standard InChI is InChI=1S/C20H20ClN5O2S/c1-2-5-17-24-25-20(29)26(17)12-18(27)22-15-6-3-4-7-16(15)23-19(28)13-8-10-14(21)11-9-13/h3-4,6-11H,2,5,12H2,1H3,(H,22,27)(H,23,28)(H,25,29). The zero-order chi connectivity index (χ0) is 20.8. The molecule has 1 heterocycles. The van der Waals surface area contributed by atoms with E-state index >= 15 is 0 Å². The maximum Gasteiger partial charge on any atom is 0.255 e. The second kappa shape index (κ2) is 9.49. The lowest BCUT2D eigenvalue weighted by Gasteiger charge is -2.13. The Kier molecular flexibility index (Phi) is 6.79. The van der Waals surface area contributed by atoms with Gasteiger partial charge >= 0.3 is 0 Å². The molecule has 0 aliphatic rings. The minimum absolute atomic E-state index is 0.0319. The predicted octanol–water partition coefficient (Wildman–Crippen LogP) is 4.44. The number of nitrogens with one attached hydrogen (secondary N) is 3. The van der Waals surface area contributed by atoms with Gasteiger partial charge in [-0.15, -0.1) is 0 Å². The van der Waals surface area contributed by atoms with Crippen LogP contribution in [0.15, 0.2) is 48.5 Å². The molecule has 0 aliphatic carbocycles. The number of carbonyl (C=O) groups excluding carboxylic acids is 2. The highest BCUT2D eigenvalue weighted by Gasteiger charge is 2.13. The molecule has 0 atom stereocenters. The molecule has 3 rings (SSSR count). The van der Waals surface area contributed by atoms with Gasteiger partial charge in [0.05, 0.1) is 11.4 Å². The lowest BCUT2D eigenvalue weighted by Crippen LogP contribution is -2.21. The number of aromatic amines is 1.